The standard InChI is InChI=1S/C24H24O6P3.C10H15.Fe.2K/c1-9-10(2)18(16(26)20-12(4)14(6)22(33-20)24(28)30-8)31-17(9)15(25)19-11(3)13(5)21(32-19)23(27)29-7;1-6-7(2)9(4)10(5)8(6)3;;;/h1-8H3;1-5H3;;;. The zero-order chi connectivity index (χ0) is 32.7. The monoisotopic (exact) mass is 770 g/mol. The predicted molar refractivity (Wildman–Crippen MR) is 184 cm³/mol. The van der Waals surface area contributed by atoms with E-state index in [9.17, 15) is 19.2 Å². The quantitative estimate of drug-likeness (QED) is 0.160. The molecular weight excluding hydrogens is 731 g/mol. The van der Waals surface area contributed by atoms with Gasteiger partial charge in [0.1, 0.15) is 11.3 Å². The number of hydrogen-bond donors (Lipinski definition) is 0. The van der Waals surface area contributed by atoms with Gasteiger partial charge in [-0.05, 0) is 55.3 Å². The van der Waals surface area contributed by atoms with Crippen LogP contribution in [0.4, 0.5) is 0 Å². The number of Topliss-reactive ketones (excluding diaryl/α,β-unsaturated/α-hetero) is 2. The molecule has 4 rings (SSSR count). The van der Waals surface area contributed by atoms with E-state index < -0.39 is 11.9 Å². The molecule has 0 aromatic rings. The molecule has 0 bridgehead atoms. The maximum atomic E-state index is 13.5. The van der Waals surface area contributed by atoms with Gasteiger partial charge < -0.3 is 9.47 Å². The van der Waals surface area contributed by atoms with Gasteiger partial charge in [0, 0.05) is 155 Å². The zero-order valence-electron chi connectivity index (χ0n) is 29.6. The first-order valence-corrected chi connectivity index (χ1v) is 16.6. The number of ether oxygens (including phenoxy) is 2. The molecule has 12 heteroatoms. The van der Waals surface area contributed by atoms with Crippen LogP contribution in [0.25, 0.3) is 0 Å². The van der Waals surface area contributed by atoms with Crippen molar-refractivity contribution < 1.29 is 45.7 Å². The van der Waals surface area contributed by atoms with E-state index >= 15 is 0 Å². The summed E-state index contributed by atoms with van der Waals surface area (Å²) in [6, 6.07) is 0. The zero-order valence-corrected chi connectivity index (χ0v) is 39.7. The van der Waals surface area contributed by atoms with Crippen molar-refractivity contribution >= 4 is 152 Å². The molecule has 4 aliphatic rings. The van der Waals surface area contributed by atoms with Crippen LogP contribution >= 0.6 is 25.7 Å². The molecule has 1 aliphatic carbocycles. The SMILES string of the molecule is COC(=O)[C]1[P][C](C(=O)[C]2[P][C](C(=O)[C]3[P][C](C(=O)OC)[C](C)[C]3C)[C](C)[C]2C)[C](C)[C]1C.C[C]1[C](C)[C](C)[C](C)[C]1C.[Fe].[K].[K]. The summed E-state index contributed by atoms with van der Waals surface area (Å²) < 4.78 is 9.70. The summed E-state index contributed by atoms with van der Waals surface area (Å²) in [7, 11) is 4.24. The van der Waals surface area contributed by atoms with Crippen molar-refractivity contribution in [3.63, 3.8) is 0 Å². The molecule has 22 radical (unpaired) electrons. The van der Waals surface area contributed by atoms with Crippen LogP contribution < -0.4 is 0 Å². The molecule has 0 amide bonds. The molecule has 3 aliphatic heterocycles. The average molecular weight is 771 g/mol. The summed E-state index contributed by atoms with van der Waals surface area (Å²) in [4.78, 5) is 51.1. The fourth-order valence-corrected chi connectivity index (χ4v) is 9.09. The van der Waals surface area contributed by atoms with Crippen molar-refractivity contribution in [1.29, 1.82) is 0 Å². The summed E-state index contributed by atoms with van der Waals surface area (Å²) in [6.07, 6.45) is 0. The molecule has 1 saturated carbocycles. The van der Waals surface area contributed by atoms with Gasteiger partial charge in [0.2, 0.25) is 0 Å². The minimum Gasteiger partial charge on any atom is -0.468 e. The Kier molecular flexibility index (Phi) is 22.9. The van der Waals surface area contributed by atoms with Crippen molar-refractivity contribution in [2.24, 2.45) is 0 Å². The average Bonchev–Trinajstić information content (AvgIpc) is 3.63. The summed E-state index contributed by atoms with van der Waals surface area (Å²) >= 11 is 0. The van der Waals surface area contributed by atoms with Crippen LogP contribution in [0.2, 0.25) is 0 Å². The third-order valence-corrected chi connectivity index (χ3v) is 13.5. The first-order chi connectivity index (χ1) is 20.0. The second-order valence-corrected chi connectivity index (χ2v) is 14.3. The molecule has 3 saturated heterocycles. The van der Waals surface area contributed by atoms with Crippen molar-refractivity contribution in [3.8, 4) is 0 Å². The van der Waals surface area contributed by atoms with E-state index in [1.807, 2.05) is 41.5 Å². The second kappa shape index (κ2) is 21.3. The van der Waals surface area contributed by atoms with Crippen molar-refractivity contribution in [2.45, 2.75) is 76.2 Å². The minimum atomic E-state index is -0.442. The van der Waals surface area contributed by atoms with Gasteiger partial charge in [-0.2, -0.15) is 0 Å². The van der Waals surface area contributed by atoms with Gasteiger partial charge in [-0.25, -0.2) is 0 Å². The molecule has 46 heavy (non-hydrogen) atoms. The van der Waals surface area contributed by atoms with Crippen molar-refractivity contribution in [2.75, 3.05) is 14.2 Å². The van der Waals surface area contributed by atoms with E-state index in [4.69, 9.17) is 9.47 Å². The first-order valence-electron chi connectivity index (χ1n) is 13.9. The Bertz CT molecular complexity index is 946. The van der Waals surface area contributed by atoms with E-state index in [0.717, 1.165) is 35.5 Å². The molecule has 6 nitrogen and oxygen atoms in total. The van der Waals surface area contributed by atoms with E-state index in [0.29, 0.717) is 59.7 Å². The van der Waals surface area contributed by atoms with Crippen LogP contribution in [0, 0.1) is 99.1 Å². The molecule has 3 heterocycles. The number of carbonyl (C=O) groups excluding carboxylic acids is 4. The maximum Gasteiger partial charge on any atom is 0.318 e. The molecule has 4 fully saturated rings. The van der Waals surface area contributed by atoms with Gasteiger partial charge >= 0.3 is 11.9 Å². The van der Waals surface area contributed by atoms with Gasteiger partial charge in [-0.3, -0.25) is 19.2 Å². The Labute approximate surface area is 381 Å². The van der Waals surface area contributed by atoms with Crippen LogP contribution in [0.5, 0.6) is 0 Å². The molecule has 0 atom stereocenters. The van der Waals surface area contributed by atoms with Gasteiger partial charge in [0.05, 0.1) is 36.9 Å². The predicted octanol–water partition coefficient (Wildman–Crippen LogP) is 7.32. The molecule has 236 valence electrons. The largest absolute Gasteiger partial charge is 0.468 e. The number of hydrogen-bond acceptors (Lipinski definition) is 6. The van der Waals surface area contributed by atoms with E-state index in [-0.39, 0.29) is 131 Å². The third-order valence-electron chi connectivity index (χ3n) is 8.92. The number of ketones is 2. The fourth-order valence-electron chi connectivity index (χ4n) is 5.01. The summed E-state index contributed by atoms with van der Waals surface area (Å²) in [5.41, 5.74) is 3.10. The minimum absolute atomic E-state index is 0. The number of methoxy groups -OCH3 is 2. The van der Waals surface area contributed by atoms with Crippen LogP contribution in [0.15, 0.2) is 0 Å². The molecule has 0 unspecified atom stereocenters. The third kappa shape index (κ3) is 10.3. The topological polar surface area (TPSA) is 86.7 Å². The second-order valence-electron chi connectivity index (χ2n) is 10.9. The van der Waals surface area contributed by atoms with Gasteiger partial charge in [0.25, 0.3) is 0 Å². The number of carbonyl (C=O) groups is 4. The van der Waals surface area contributed by atoms with Crippen LogP contribution in [0.1, 0.15) is 76.2 Å². The number of rotatable bonds is 6. The molecular formula is C34H39FeK2O6P3. The van der Waals surface area contributed by atoms with Gasteiger partial charge in [0.15, 0.2) is 11.6 Å². The molecule has 0 N–H and O–H groups in total. The van der Waals surface area contributed by atoms with E-state index in [1.54, 1.807) is 0 Å². The smallest absolute Gasteiger partial charge is 0.318 e. The number of esters is 2. The van der Waals surface area contributed by atoms with Crippen molar-refractivity contribution in [1.82, 2.24) is 0 Å². The van der Waals surface area contributed by atoms with Gasteiger partial charge in [-0.15, -0.1) is 0 Å². The van der Waals surface area contributed by atoms with E-state index in [2.05, 4.69) is 34.6 Å². The summed E-state index contributed by atoms with van der Waals surface area (Å²) in [5.74, 6) is 10.7. The Balaban J connectivity index is 0.00000134. The van der Waals surface area contributed by atoms with Gasteiger partial charge in [-0.1, -0.05) is 76.2 Å². The maximum absolute atomic E-state index is 13.5. The molecule has 0 aromatic carbocycles. The van der Waals surface area contributed by atoms with Crippen molar-refractivity contribution in [3.05, 3.63) is 99.1 Å². The van der Waals surface area contributed by atoms with E-state index in [1.165, 1.54) is 43.8 Å². The molecule has 0 aromatic heterocycles. The Morgan fingerprint density at radius 2 is 0.543 bits per heavy atom. The Hall–Kier alpha value is 3.36. The fraction of sp³-hybridized carbons (Fsp3) is 0.382. The van der Waals surface area contributed by atoms with Crippen LogP contribution in [-0.4, -0.2) is 140 Å². The van der Waals surface area contributed by atoms with Crippen LogP contribution in [-0.2, 0) is 45.7 Å². The van der Waals surface area contributed by atoms with Crippen LogP contribution in [0.3, 0.4) is 0 Å². The Morgan fingerprint density at radius 1 is 0.370 bits per heavy atom. The molecule has 0 spiro atoms. The Morgan fingerprint density at radius 3 is 0.739 bits per heavy atom. The summed E-state index contributed by atoms with van der Waals surface area (Å²) in [6.45, 7) is 22.0. The summed E-state index contributed by atoms with van der Waals surface area (Å²) in [5, 5.41) is 0. The normalized spacial score (nSPS) is 26.0. The first kappa shape index (κ1) is 49.4.